The number of nitrogens with two attached hydrogens (primary N) is 1. The summed E-state index contributed by atoms with van der Waals surface area (Å²) in [6.07, 6.45) is 2.04. The maximum Gasteiger partial charge on any atom is 0.223 e. The zero-order chi connectivity index (χ0) is 16.4. The molecule has 0 aromatic carbocycles. The molecule has 2 aromatic rings. The van der Waals surface area contributed by atoms with Crippen LogP contribution in [0.25, 0.3) is 11.0 Å². The maximum absolute atomic E-state index is 6.17. The standard InChI is InChI=1S/C15H19ClN4O3/c1-4-8-9-10(23-15(2,3)22-9)13(21-8)20-6-5-7-11(16)18-14(17)19-12(7)20/h5-6,8-10,13H,4H2,1-3H3,(H2,17,18,19)/t8-,9?,10+,13-/m1/s1. The van der Waals surface area contributed by atoms with Crippen LogP contribution in [-0.2, 0) is 14.2 Å². The van der Waals surface area contributed by atoms with Crippen molar-refractivity contribution in [3.8, 4) is 0 Å². The molecular weight excluding hydrogens is 320 g/mol. The normalized spacial score (nSPS) is 32.5. The minimum atomic E-state index is -0.626. The summed E-state index contributed by atoms with van der Waals surface area (Å²) >= 11 is 6.15. The topological polar surface area (TPSA) is 84.4 Å². The van der Waals surface area contributed by atoms with Crippen molar-refractivity contribution in [2.45, 2.75) is 57.5 Å². The van der Waals surface area contributed by atoms with E-state index in [1.54, 1.807) is 0 Å². The highest BCUT2D eigenvalue weighted by Gasteiger charge is 2.55. The summed E-state index contributed by atoms with van der Waals surface area (Å²) in [5.41, 5.74) is 6.37. The highest BCUT2D eigenvalue weighted by molar-refractivity contribution is 6.34. The van der Waals surface area contributed by atoms with Crippen molar-refractivity contribution >= 4 is 28.6 Å². The van der Waals surface area contributed by atoms with Crippen LogP contribution in [0.5, 0.6) is 0 Å². The van der Waals surface area contributed by atoms with E-state index in [0.717, 1.165) is 11.8 Å². The monoisotopic (exact) mass is 338 g/mol. The number of halogens is 1. The van der Waals surface area contributed by atoms with Crippen LogP contribution in [0.4, 0.5) is 5.95 Å². The lowest BCUT2D eigenvalue weighted by molar-refractivity contribution is -0.196. The number of nitrogen functional groups attached to an aromatic ring is 1. The molecule has 0 saturated carbocycles. The van der Waals surface area contributed by atoms with E-state index in [0.29, 0.717) is 10.8 Å². The fourth-order valence-electron chi connectivity index (χ4n) is 3.43. The van der Waals surface area contributed by atoms with Crippen LogP contribution in [-0.4, -0.2) is 38.6 Å². The average Bonchev–Trinajstić information content (AvgIpc) is 3.09. The summed E-state index contributed by atoms with van der Waals surface area (Å²) in [6.45, 7) is 5.91. The van der Waals surface area contributed by atoms with Crippen molar-refractivity contribution in [2.75, 3.05) is 5.73 Å². The molecule has 0 amide bonds. The summed E-state index contributed by atoms with van der Waals surface area (Å²) in [6, 6.07) is 1.86. The van der Waals surface area contributed by atoms with E-state index in [4.69, 9.17) is 31.5 Å². The zero-order valence-corrected chi connectivity index (χ0v) is 13.9. The number of aromatic nitrogens is 3. The molecule has 4 rings (SSSR count). The van der Waals surface area contributed by atoms with Gasteiger partial charge in [0.2, 0.25) is 5.95 Å². The van der Waals surface area contributed by atoms with E-state index in [1.807, 2.05) is 30.7 Å². The number of nitrogens with zero attached hydrogens (tertiary/aromatic N) is 3. The minimum absolute atomic E-state index is 0.0288. The van der Waals surface area contributed by atoms with Crippen molar-refractivity contribution in [3.05, 3.63) is 17.4 Å². The summed E-state index contributed by atoms with van der Waals surface area (Å²) < 4.78 is 20.2. The molecule has 7 nitrogen and oxygen atoms in total. The van der Waals surface area contributed by atoms with Crippen LogP contribution in [0.15, 0.2) is 12.3 Å². The fourth-order valence-corrected chi connectivity index (χ4v) is 3.66. The van der Waals surface area contributed by atoms with Gasteiger partial charge in [-0.25, -0.2) is 4.98 Å². The molecule has 2 aliphatic rings. The molecule has 2 N–H and O–H groups in total. The molecule has 2 aromatic heterocycles. The molecule has 23 heavy (non-hydrogen) atoms. The predicted molar refractivity (Wildman–Crippen MR) is 85.0 cm³/mol. The van der Waals surface area contributed by atoms with Crippen molar-refractivity contribution in [2.24, 2.45) is 0 Å². The van der Waals surface area contributed by atoms with E-state index < -0.39 is 5.79 Å². The first-order chi connectivity index (χ1) is 10.9. The molecule has 4 atom stereocenters. The second kappa shape index (κ2) is 5.04. The third-order valence-corrected chi connectivity index (χ3v) is 4.63. The Kier molecular flexibility index (Phi) is 3.32. The second-order valence-electron chi connectivity index (χ2n) is 6.37. The second-order valence-corrected chi connectivity index (χ2v) is 6.73. The first-order valence-corrected chi connectivity index (χ1v) is 8.08. The van der Waals surface area contributed by atoms with Crippen molar-refractivity contribution in [1.29, 1.82) is 0 Å². The van der Waals surface area contributed by atoms with Gasteiger partial charge in [-0.15, -0.1) is 0 Å². The molecule has 0 aliphatic carbocycles. The van der Waals surface area contributed by atoms with Gasteiger partial charge in [0.25, 0.3) is 0 Å². The Morgan fingerprint density at radius 3 is 2.78 bits per heavy atom. The Morgan fingerprint density at radius 1 is 1.30 bits per heavy atom. The van der Waals surface area contributed by atoms with E-state index >= 15 is 0 Å². The molecule has 2 saturated heterocycles. The number of hydrogen-bond donors (Lipinski definition) is 1. The Bertz CT molecular complexity index is 763. The highest BCUT2D eigenvalue weighted by atomic mass is 35.5. The molecule has 0 radical (unpaired) electrons. The van der Waals surface area contributed by atoms with E-state index in [9.17, 15) is 0 Å². The Hall–Kier alpha value is -1.41. The van der Waals surface area contributed by atoms with Gasteiger partial charge in [0.15, 0.2) is 12.0 Å². The van der Waals surface area contributed by atoms with Crippen molar-refractivity contribution in [3.63, 3.8) is 0 Å². The van der Waals surface area contributed by atoms with Crippen LogP contribution in [0, 0.1) is 0 Å². The van der Waals surface area contributed by atoms with Crippen LogP contribution in [0.1, 0.15) is 33.4 Å². The van der Waals surface area contributed by atoms with Gasteiger partial charge in [0.05, 0.1) is 11.5 Å². The van der Waals surface area contributed by atoms with Gasteiger partial charge in [-0.2, -0.15) is 4.98 Å². The predicted octanol–water partition coefficient (Wildman–Crippen LogP) is 2.49. The largest absolute Gasteiger partial charge is 0.368 e. The molecule has 0 spiro atoms. The quantitative estimate of drug-likeness (QED) is 0.847. The summed E-state index contributed by atoms with van der Waals surface area (Å²) in [7, 11) is 0. The lowest BCUT2D eigenvalue weighted by Gasteiger charge is -2.24. The number of hydrogen-bond acceptors (Lipinski definition) is 6. The minimum Gasteiger partial charge on any atom is -0.368 e. The van der Waals surface area contributed by atoms with Gasteiger partial charge in [-0.1, -0.05) is 18.5 Å². The molecular formula is C15H19ClN4O3. The lowest BCUT2D eigenvalue weighted by atomic mass is 10.1. The number of anilines is 1. The third kappa shape index (κ3) is 2.30. The molecule has 4 heterocycles. The fraction of sp³-hybridized carbons (Fsp3) is 0.600. The number of fused-ring (bicyclic) bond motifs is 2. The van der Waals surface area contributed by atoms with E-state index in [-0.39, 0.29) is 30.5 Å². The molecule has 8 heteroatoms. The van der Waals surface area contributed by atoms with Gasteiger partial charge in [-0.05, 0) is 26.3 Å². The molecule has 2 aliphatic heterocycles. The smallest absolute Gasteiger partial charge is 0.223 e. The molecule has 1 unspecified atom stereocenters. The molecule has 0 bridgehead atoms. The van der Waals surface area contributed by atoms with Gasteiger partial charge < -0.3 is 24.5 Å². The summed E-state index contributed by atoms with van der Waals surface area (Å²) in [4.78, 5) is 8.30. The SMILES string of the molecule is CC[C@H]1O[C@@H](n2ccc3c(Cl)nc(N)nc32)[C@H]2OC(C)(C)OC12. The third-order valence-electron chi connectivity index (χ3n) is 4.34. The maximum atomic E-state index is 6.17. The number of rotatable bonds is 2. The van der Waals surface area contributed by atoms with Gasteiger partial charge >= 0.3 is 0 Å². The van der Waals surface area contributed by atoms with Crippen LogP contribution in [0.3, 0.4) is 0 Å². The van der Waals surface area contributed by atoms with E-state index in [2.05, 4.69) is 16.9 Å². The summed E-state index contributed by atoms with van der Waals surface area (Å²) in [5.74, 6) is -0.493. The van der Waals surface area contributed by atoms with Crippen molar-refractivity contribution < 1.29 is 14.2 Å². The van der Waals surface area contributed by atoms with Gasteiger partial charge in [0, 0.05) is 6.20 Å². The molecule has 2 fully saturated rings. The highest BCUT2D eigenvalue weighted by Crippen LogP contribution is 2.44. The lowest BCUT2D eigenvalue weighted by Crippen LogP contribution is -2.28. The average molecular weight is 339 g/mol. The van der Waals surface area contributed by atoms with Gasteiger partial charge in [0.1, 0.15) is 23.0 Å². The van der Waals surface area contributed by atoms with E-state index in [1.165, 1.54) is 0 Å². The Balaban J connectivity index is 1.79. The number of ether oxygens (including phenoxy) is 3. The van der Waals surface area contributed by atoms with Crippen LogP contribution in [0.2, 0.25) is 5.15 Å². The Labute approximate surface area is 138 Å². The molecule has 124 valence electrons. The zero-order valence-electron chi connectivity index (χ0n) is 13.2. The van der Waals surface area contributed by atoms with Crippen LogP contribution >= 0.6 is 11.6 Å². The Morgan fingerprint density at radius 2 is 2.04 bits per heavy atom. The van der Waals surface area contributed by atoms with Crippen molar-refractivity contribution in [1.82, 2.24) is 14.5 Å². The van der Waals surface area contributed by atoms with Crippen LogP contribution < -0.4 is 5.73 Å². The first kappa shape index (κ1) is 15.1. The van der Waals surface area contributed by atoms with Gasteiger partial charge in [-0.3, -0.25) is 0 Å². The summed E-state index contributed by atoms with van der Waals surface area (Å²) in [5, 5.41) is 1.07. The first-order valence-electron chi connectivity index (χ1n) is 7.70.